The number of esters is 2. The zero-order valence-corrected chi connectivity index (χ0v) is 25.2. The number of ether oxygens (including phenoxy) is 4. The Kier molecular flexibility index (Phi) is 14.7. The molecule has 1 aromatic rings. The third-order valence-electron chi connectivity index (χ3n) is 6.58. The van der Waals surface area contributed by atoms with Crippen molar-refractivity contribution in [3.8, 4) is 11.5 Å². The summed E-state index contributed by atoms with van der Waals surface area (Å²) in [4.78, 5) is 49.2. The number of benzene rings is 1. The first-order valence-corrected chi connectivity index (χ1v) is 14.1. The largest absolute Gasteiger partial charge is 0.509 e. The van der Waals surface area contributed by atoms with Gasteiger partial charge in [-0.1, -0.05) is 53.5 Å². The van der Waals surface area contributed by atoms with Gasteiger partial charge in [-0.2, -0.15) is 0 Å². The number of carboxylic acids is 1. The first-order chi connectivity index (χ1) is 18.7. The van der Waals surface area contributed by atoms with Crippen LogP contribution >= 0.6 is 0 Å². The van der Waals surface area contributed by atoms with Crippen molar-refractivity contribution in [2.24, 2.45) is 11.8 Å². The van der Waals surface area contributed by atoms with Crippen LogP contribution in [0.5, 0.6) is 11.5 Å². The summed E-state index contributed by atoms with van der Waals surface area (Å²) in [5, 5.41) is 12.7. The van der Waals surface area contributed by atoms with Crippen LogP contribution in [0.15, 0.2) is 18.2 Å². The number of carbonyl (C=O) groups excluding carboxylic acids is 3. The molecule has 0 bridgehead atoms. The maximum atomic E-state index is 12.7. The van der Waals surface area contributed by atoms with Crippen LogP contribution in [0.25, 0.3) is 0 Å². The highest BCUT2D eigenvalue weighted by Gasteiger charge is 2.25. The van der Waals surface area contributed by atoms with E-state index in [1.807, 2.05) is 20.8 Å². The van der Waals surface area contributed by atoms with Crippen LogP contribution in [0.4, 0.5) is 4.79 Å². The number of carboxylic acid groups (broad SMARTS) is 1. The van der Waals surface area contributed by atoms with E-state index in [9.17, 15) is 24.3 Å². The Balaban J connectivity index is 3.04. The first kappa shape index (κ1) is 34.9. The van der Waals surface area contributed by atoms with Gasteiger partial charge in [-0.25, -0.2) is 4.79 Å². The molecule has 0 saturated carbocycles. The lowest BCUT2D eigenvalue weighted by Gasteiger charge is -2.24. The lowest BCUT2D eigenvalue weighted by Crippen LogP contribution is -2.43. The molecule has 0 aromatic heterocycles. The fraction of sp³-hybridized carbons (Fsp3) is 0.667. The number of carbonyl (C=O) groups is 4. The summed E-state index contributed by atoms with van der Waals surface area (Å²) in [7, 11) is 0. The van der Waals surface area contributed by atoms with Crippen LogP contribution in [-0.2, 0) is 30.3 Å². The lowest BCUT2D eigenvalue weighted by molar-refractivity contribution is -0.141. The van der Waals surface area contributed by atoms with E-state index in [4.69, 9.17) is 18.9 Å². The molecule has 0 fully saturated rings. The highest BCUT2D eigenvalue weighted by atomic mass is 16.7. The summed E-state index contributed by atoms with van der Waals surface area (Å²) in [5.74, 6) is -2.54. The number of nitrogens with one attached hydrogen (secondary N) is 1. The molecular formula is C30H47NO9. The molecule has 1 rings (SSSR count). The SMILES string of the molecule is CCCC(C)C(=O)Oc1ccc(C[C@H](NCC(C)OC(=O)OC(C)(C)CC)C(=O)O)cc1OC(=O)C(C)CCC. The van der Waals surface area contributed by atoms with E-state index in [1.54, 1.807) is 40.7 Å². The van der Waals surface area contributed by atoms with Gasteiger partial charge in [0.2, 0.25) is 0 Å². The Morgan fingerprint density at radius 3 is 1.95 bits per heavy atom. The van der Waals surface area contributed by atoms with Crippen LogP contribution in [0.1, 0.15) is 93.1 Å². The third kappa shape index (κ3) is 12.4. The minimum Gasteiger partial charge on any atom is -0.480 e. The fourth-order valence-corrected chi connectivity index (χ4v) is 3.68. The van der Waals surface area contributed by atoms with Crippen molar-refractivity contribution in [1.29, 1.82) is 0 Å². The summed E-state index contributed by atoms with van der Waals surface area (Å²) in [6.45, 7) is 14.6. The van der Waals surface area contributed by atoms with Crippen molar-refractivity contribution in [3.63, 3.8) is 0 Å². The summed E-state index contributed by atoms with van der Waals surface area (Å²) in [5.41, 5.74) is -0.123. The fourth-order valence-electron chi connectivity index (χ4n) is 3.68. The lowest BCUT2D eigenvalue weighted by atomic mass is 10.0. The second-order valence-corrected chi connectivity index (χ2v) is 10.9. The molecule has 40 heavy (non-hydrogen) atoms. The summed E-state index contributed by atoms with van der Waals surface area (Å²) in [6, 6.07) is 3.62. The quantitative estimate of drug-likeness (QED) is 0.179. The average molecular weight is 566 g/mol. The van der Waals surface area contributed by atoms with E-state index in [0.717, 1.165) is 12.8 Å². The Morgan fingerprint density at radius 1 is 0.900 bits per heavy atom. The maximum Gasteiger partial charge on any atom is 0.509 e. The number of hydrogen-bond acceptors (Lipinski definition) is 9. The number of hydrogen-bond donors (Lipinski definition) is 2. The van der Waals surface area contributed by atoms with E-state index in [0.29, 0.717) is 24.8 Å². The molecule has 0 spiro atoms. The van der Waals surface area contributed by atoms with Gasteiger partial charge in [0.15, 0.2) is 11.5 Å². The van der Waals surface area contributed by atoms with Gasteiger partial charge in [0.1, 0.15) is 17.7 Å². The number of rotatable bonds is 17. The molecule has 4 atom stereocenters. The summed E-state index contributed by atoms with van der Waals surface area (Å²) >= 11 is 0. The zero-order valence-electron chi connectivity index (χ0n) is 25.2. The van der Waals surface area contributed by atoms with Crippen molar-refractivity contribution in [1.82, 2.24) is 5.32 Å². The Bertz CT molecular complexity index is 991. The standard InChI is InChI=1S/C30H47NO9/c1-9-12-19(4)27(34)38-24-15-14-22(17-25(24)39-28(35)20(5)13-10-2)16-23(26(32)33)31-18-21(6)37-29(36)40-30(7,8)11-3/h14-15,17,19-21,23,31H,9-13,16,18H2,1-8H3,(H,32,33)/t19?,20?,21?,23-/m0/s1. The molecule has 0 heterocycles. The van der Waals surface area contributed by atoms with Gasteiger partial charge in [-0.3, -0.25) is 14.4 Å². The zero-order chi connectivity index (χ0) is 30.5. The molecule has 1 aromatic carbocycles. The Hall–Kier alpha value is -3.14. The van der Waals surface area contributed by atoms with Crippen LogP contribution in [-0.4, -0.2) is 53.5 Å². The van der Waals surface area contributed by atoms with E-state index in [1.165, 1.54) is 12.1 Å². The van der Waals surface area contributed by atoms with Crippen LogP contribution in [0, 0.1) is 11.8 Å². The molecule has 0 aliphatic carbocycles. The first-order valence-electron chi connectivity index (χ1n) is 14.1. The van der Waals surface area contributed by atoms with Crippen molar-refractivity contribution >= 4 is 24.1 Å². The van der Waals surface area contributed by atoms with E-state index < -0.39 is 41.8 Å². The van der Waals surface area contributed by atoms with E-state index in [-0.39, 0.29) is 36.3 Å². The molecule has 0 aliphatic heterocycles. The third-order valence-corrected chi connectivity index (χ3v) is 6.58. The Labute approximate surface area is 238 Å². The van der Waals surface area contributed by atoms with Crippen LogP contribution in [0.2, 0.25) is 0 Å². The van der Waals surface area contributed by atoms with Crippen molar-refractivity contribution < 1.29 is 43.2 Å². The molecule has 2 N–H and O–H groups in total. The summed E-state index contributed by atoms with van der Waals surface area (Å²) < 4.78 is 21.7. The second kappa shape index (κ2) is 16.8. The van der Waals surface area contributed by atoms with Gasteiger partial charge in [-0.05, 0) is 64.2 Å². The molecule has 0 amide bonds. The highest BCUT2D eigenvalue weighted by molar-refractivity contribution is 5.78. The minimum atomic E-state index is -1.11. The topological polar surface area (TPSA) is 137 Å². The Morgan fingerprint density at radius 2 is 1.45 bits per heavy atom. The van der Waals surface area contributed by atoms with Gasteiger partial charge in [0, 0.05) is 6.54 Å². The monoisotopic (exact) mass is 565 g/mol. The summed E-state index contributed by atoms with van der Waals surface area (Å²) in [6.07, 6.45) is 2.08. The smallest absolute Gasteiger partial charge is 0.480 e. The molecule has 0 radical (unpaired) electrons. The van der Waals surface area contributed by atoms with Crippen LogP contribution < -0.4 is 14.8 Å². The molecule has 0 aliphatic rings. The maximum absolute atomic E-state index is 12.7. The molecule has 10 heteroatoms. The molecule has 10 nitrogen and oxygen atoms in total. The molecule has 226 valence electrons. The normalized spacial score (nSPS) is 14.4. The average Bonchev–Trinajstić information content (AvgIpc) is 2.87. The van der Waals surface area contributed by atoms with Crippen molar-refractivity contribution in [2.75, 3.05) is 6.54 Å². The van der Waals surface area contributed by atoms with Crippen molar-refractivity contribution in [2.45, 2.75) is 112 Å². The number of aliphatic carboxylic acids is 1. The second-order valence-electron chi connectivity index (χ2n) is 10.9. The van der Waals surface area contributed by atoms with Crippen LogP contribution in [0.3, 0.4) is 0 Å². The minimum absolute atomic E-state index is 0.0326. The van der Waals surface area contributed by atoms with Gasteiger partial charge >= 0.3 is 24.1 Å². The van der Waals surface area contributed by atoms with Gasteiger partial charge in [0.05, 0.1) is 11.8 Å². The van der Waals surface area contributed by atoms with Crippen molar-refractivity contribution in [3.05, 3.63) is 23.8 Å². The molecule has 3 unspecified atom stereocenters. The highest BCUT2D eigenvalue weighted by Crippen LogP contribution is 2.31. The van der Waals surface area contributed by atoms with Gasteiger partial charge < -0.3 is 29.4 Å². The predicted molar refractivity (Wildman–Crippen MR) is 150 cm³/mol. The van der Waals surface area contributed by atoms with E-state index >= 15 is 0 Å². The predicted octanol–water partition coefficient (Wildman–Crippen LogP) is 5.69. The van der Waals surface area contributed by atoms with Gasteiger partial charge in [-0.15, -0.1) is 0 Å². The van der Waals surface area contributed by atoms with Gasteiger partial charge in [0.25, 0.3) is 0 Å². The molecule has 0 saturated heterocycles. The van der Waals surface area contributed by atoms with E-state index in [2.05, 4.69) is 5.32 Å². The molecular weight excluding hydrogens is 518 g/mol.